The Morgan fingerprint density at radius 2 is 1.84 bits per heavy atom. The van der Waals surface area contributed by atoms with Gasteiger partial charge in [-0.05, 0) is 89.5 Å². The molecule has 3 aromatic rings. The molecule has 0 bridgehead atoms. The van der Waals surface area contributed by atoms with Gasteiger partial charge in [0.25, 0.3) is 5.91 Å². The summed E-state index contributed by atoms with van der Waals surface area (Å²) in [6, 6.07) is 10.0. The van der Waals surface area contributed by atoms with Crippen molar-refractivity contribution in [2.24, 2.45) is 5.92 Å². The lowest BCUT2D eigenvalue weighted by Gasteiger charge is -2.21. The number of carboxylic acid groups (broad SMARTS) is 1. The number of benzene rings is 1. The molecular weight excluding hydrogens is 442 g/mol. The minimum atomic E-state index is -0.932. The Labute approximate surface area is 197 Å². The molecule has 1 unspecified atom stereocenters. The topological polar surface area (TPSA) is 75.6 Å². The normalized spacial score (nSPS) is 12.0. The molecule has 170 valence electrons. The zero-order valence-corrected chi connectivity index (χ0v) is 20.4. The number of thiophene rings is 2. The fourth-order valence-corrected chi connectivity index (χ4v) is 5.30. The molecule has 0 saturated carbocycles. The minimum Gasteiger partial charge on any atom is -0.485 e. The summed E-state index contributed by atoms with van der Waals surface area (Å²) in [6.07, 6.45) is 0.569. The largest absolute Gasteiger partial charge is 0.485 e. The third kappa shape index (κ3) is 6.20. The van der Waals surface area contributed by atoms with E-state index in [-0.39, 0.29) is 25.0 Å². The van der Waals surface area contributed by atoms with Crippen LogP contribution in [0.1, 0.15) is 58.5 Å². The van der Waals surface area contributed by atoms with Gasteiger partial charge in [-0.25, -0.2) is 0 Å². The van der Waals surface area contributed by atoms with Crippen molar-refractivity contribution < 1.29 is 19.4 Å². The number of nitrogens with one attached hydrogen (secondary N) is 1. The molecule has 0 saturated heterocycles. The molecule has 0 fully saturated rings. The first-order chi connectivity index (χ1) is 15.2. The molecule has 2 N–H and O–H groups in total. The van der Waals surface area contributed by atoms with Gasteiger partial charge in [-0.15, -0.1) is 11.3 Å². The van der Waals surface area contributed by atoms with Crippen LogP contribution < -0.4 is 10.1 Å². The van der Waals surface area contributed by atoms with Gasteiger partial charge < -0.3 is 15.2 Å². The summed E-state index contributed by atoms with van der Waals surface area (Å²) in [4.78, 5) is 24.5. The Balaban J connectivity index is 1.79. The average Bonchev–Trinajstić information content (AvgIpc) is 3.39. The SMILES string of the molecule is Cc1cc(OC(CC(C)C)c2ccc(C(=O)NCCC(=O)O)s2)cc(C)c1-c1ccsc1. The Morgan fingerprint density at radius 3 is 2.44 bits per heavy atom. The highest BCUT2D eigenvalue weighted by molar-refractivity contribution is 7.14. The first-order valence-electron chi connectivity index (χ1n) is 10.6. The molecular formula is C25H29NO4S2. The lowest BCUT2D eigenvalue weighted by atomic mass is 9.97. The number of aliphatic carboxylic acids is 1. The fraction of sp³-hybridized carbons (Fsp3) is 0.360. The molecule has 2 heterocycles. The van der Waals surface area contributed by atoms with Gasteiger partial charge >= 0.3 is 5.97 Å². The zero-order valence-electron chi connectivity index (χ0n) is 18.8. The van der Waals surface area contributed by atoms with Gasteiger partial charge in [-0.3, -0.25) is 9.59 Å². The van der Waals surface area contributed by atoms with Gasteiger partial charge in [0.05, 0.1) is 11.3 Å². The number of hydrogen-bond acceptors (Lipinski definition) is 5. The Morgan fingerprint density at radius 1 is 1.12 bits per heavy atom. The van der Waals surface area contributed by atoms with Crippen LogP contribution in [0.2, 0.25) is 0 Å². The van der Waals surface area contributed by atoms with Crippen molar-refractivity contribution in [2.75, 3.05) is 6.54 Å². The van der Waals surface area contributed by atoms with Gasteiger partial charge in [0.2, 0.25) is 0 Å². The summed E-state index contributed by atoms with van der Waals surface area (Å²) in [6.45, 7) is 8.63. The summed E-state index contributed by atoms with van der Waals surface area (Å²) in [5.41, 5.74) is 4.82. The second kappa shape index (κ2) is 10.8. The minimum absolute atomic E-state index is 0.0941. The number of carboxylic acids is 1. The third-order valence-corrected chi connectivity index (χ3v) is 6.93. The highest BCUT2D eigenvalue weighted by Gasteiger charge is 2.21. The number of rotatable bonds is 10. The predicted octanol–water partition coefficient (Wildman–Crippen LogP) is 6.46. The second-order valence-corrected chi connectivity index (χ2v) is 10.2. The molecule has 1 amide bonds. The van der Waals surface area contributed by atoms with E-state index in [2.05, 4.69) is 62.0 Å². The van der Waals surface area contributed by atoms with Gasteiger partial charge in [0.1, 0.15) is 11.9 Å². The molecule has 5 nitrogen and oxygen atoms in total. The maximum absolute atomic E-state index is 12.3. The van der Waals surface area contributed by atoms with Crippen LogP contribution in [-0.4, -0.2) is 23.5 Å². The number of aryl methyl sites for hydroxylation is 2. The van der Waals surface area contributed by atoms with E-state index in [1.54, 1.807) is 17.4 Å². The van der Waals surface area contributed by atoms with Crippen molar-refractivity contribution >= 4 is 34.6 Å². The van der Waals surface area contributed by atoms with Crippen molar-refractivity contribution in [1.82, 2.24) is 5.32 Å². The summed E-state index contributed by atoms with van der Waals surface area (Å²) in [5.74, 6) is 0.0588. The van der Waals surface area contributed by atoms with Crippen LogP contribution in [0, 0.1) is 19.8 Å². The van der Waals surface area contributed by atoms with E-state index in [4.69, 9.17) is 9.84 Å². The van der Waals surface area contributed by atoms with Crippen molar-refractivity contribution in [3.05, 3.63) is 62.0 Å². The molecule has 0 aliphatic heterocycles. The zero-order chi connectivity index (χ0) is 23.3. The highest BCUT2D eigenvalue weighted by atomic mass is 32.1. The number of ether oxygens (including phenoxy) is 1. The summed E-state index contributed by atoms with van der Waals surface area (Å²) in [7, 11) is 0. The molecule has 2 aromatic heterocycles. The standard InChI is InChI=1S/C25H29NO4S2/c1-15(2)11-20(21-5-6-22(32-21)25(29)26-9-7-23(27)28)30-19-12-16(3)24(17(4)13-19)18-8-10-31-14-18/h5-6,8,10,12-15,20H,7,9,11H2,1-4H3,(H,26,29)(H,27,28). The van der Waals surface area contributed by atoms with Crippen molar-refractivity contribution in [1.29, 1.82) is 0 Å². The van der Waals surface area contributed by atoms with Crippen LogP contribution in [0.25, 0.3) is 11.1 Å². The number of hydrogen-bond donors (Lipinski definition) is 2. The molecule has 0 aliphatic carbocycles. The summed E-state index contributed by atoms with van der Waals surface area (Å²) < 4.78 is 6.45. The van der Waals surface area contributed by atoms with E-state index in [1.165, 1.54) is 33.6 Å². The lowest BCUT2D eigenvalue weighted by molar-refractivity contribution is -0.136. The first kappa shape index (κ1) is 24.0. The lowest BCUT2D eigenvalue weighted by Crippen LogP contribution is -2.25. The van der Waals surface area contributed by atoms with Gasteiger partial charge in [0, 0.05) is 11.4 Å². The van der Waals surface area contributed by atoms with Gasteiger partial charge in [-0.1, -0.05) is 13.8 Å². The van der Waals surface area contributed by atoms with Crippen LogP contribution in [-0.2, 0) is 4.79 Å². The van der Waals surface area contributed by atoms with Gasteiger partial charge in [-0.2, -0.15) is 11.3 Å². The first-order valence-corrected chi connectivity index (χ1v) is 12.4. The maximum Gasteiger partial charge on any atom is 0.305 e. The highest BCUT2D eigenvalue weighted by Crippen LogP contribution is 2.36. The Bertz CT molecular complexity index is 1050. The molecule has 32 heavy (non-hydrogen) atoms. The van der Waals surface area contributed by atoms with Crippen LogP contribution in [0.3, 0.4) is 0 Å². The Kier molecular flexibility index (Phi) is 8.10. The van der Waals surface area contributed by atoms with E-state index in [9.17, 15) is 9.59 Å². The van der Waals surface area contributed by atoms with Crippen LogP contribution in [0.4, 0.5) is 0 Å². The van der Waals surface area contributed by atoms with E-state index in [1.807, 2.05) is 6.07 Å². The van der Waals surface area contributed by atoms with Gasteiger partial charge in [0.15, 0.2) is 0 Å². The maximum atomic E-state index is 12.3. The van der Waals surface area contributed by atoms with Crippen molar-refractivity contribution in [2.45, 2.75) is 46.6 Å². The monoisotopic (exact) mass is 471 g/mol. The predicted molar refractivity (Wildman–Crippen MR) is 131 cm³/mol. The quantitative estimate of drug-likeness (QED) is 0.356. The molecule has 0 aliphatic rings. The molecule has 0 spiro atoms. The van der Waals surface area contributed by atoms with E-state index in [0.29, 0.717) is 10.8 Å². The molecule has 1 atom stereocenters. The summed E-state index contributed by atoms with van der Waals surface area (Å²) >= 11 is 3.09. The number of amides is 1. The second-order valence-electron chi connectivity index (χ2n) is 8.28. The van der Waals surface area contributed by atoms with Crippen LogP contribution >= 0.6 is 22.7 Å². The smallest absolute Gasteiger partial charge is 0.305 e. The van der Waals surface area contributed by atoms with Crippen molar-refractivity contribution in [3.63, 3.8) is 0 Å². The fourth-order valence-electron chi connectivity index (χ4n) is 3.69. The number of carbonyl (C=O) groups excluding carboxylic acids is 1. The van der Waals surface area contributed by atoms with E-state index >= 15 is 0 Å². The Hall–Kier alpha value is -2.64. The number of carbonyl (C=O) groups is 2. The molecule has 0 radical (unpaired) electrons. The average molecular weight is 472 g/mol. The van der Waals surface area contributed by atoms with E-state index in [0.717, 1.165) is 17.0 Å². The molecule has 1 aromatic carbocycles. The molecule has 7 heteroatoms. The van der Waals surface area contributed by atoms with E-state index < -0.39 is 5.97 Å². The third-order valence-electron chi connectivity index (χ3n) is 5.07. The summed E-state index contributed by atoms with van der Waals surface area (Å²) in [5, 5.41) is 15.6. The van der Waals surface area contributed by atoms with Crippen molar-refractivity contribution in [3.8, 4) is 16.9 Å². The van der Waals surface area contributed by atoms with Crippen LogP contribution in [0.15, 0.2) is 41.1 Å². The van der Waals surface area contributed by atoms with Crippen LogP contribution in [0.5, 0.6) is 5.75 Å². The molecule has 3 rings (SSSR count).